The Morgan fingerprint density at radius 2 is 2.05 bits per heavy atom. The Bertz CT molecular complexity index is 975. The summed E-state index contributed by atoms with van der Waals surface area (Å²) in [6.07, 6.45) is 2.81. The lowest BCUT2D eigenvalue weighted by molar-refractivity contribution is 0.0866. The molecule has 0 spiro atoms. The summed E-state index contributed by atoms with van der Waals surface area (Å²) < 4.78 is 49.4. The van der Waals surface area contributed by atoms with E-state index in [0.29, 0.717) is 6.42 Å². The minimum absolute atomic E-state index is 0.0846. The molecule has 3 heterocycles. The SMILES string of the molecule is CS(=O)(=O)c1nc(C(=O)N2CCCS2(=O)=O)c2ccccn12. The number of sulfonamides is 1. The van der Waals surface area contributed by atoms with Gasteiger partial charge in [0.25, 0.3) is 5.91 Å². The highest BCUT2D eigenvalue weighted by atomic mass is 32.2. The molecule has 3 rings (SSSR count). The molecule has 0 aromatic carbocycles. The highest BCUT2D eigenvalue weighted by Gasteiger charge is 2.36. The molecule has 118 valence electrons. The fraction of sp³-hybridized carbons (Fsp3) is 0.333. The molecule has 1 amide bonds. The molecule has 0 bridgehead atoms. The predicted molar refractivity (Wildman–Crippen MR) is 77.7 cm³/mol. The number of hydrogen-bond acceptors (Lipinski definition) is 6. The number of imidazole rings is 1. The van der Waals surface area contributed by atoms with E-state index in [4.69, 9.17) is 0 Å². The molecule has 0 aliphatic carbocycles. The quantitative estimate of drug-likeness (QED) is 0.755. The van der Waals surface area contributed by atoms with Gasteiger partial charge >= 0.3 is 0 Å². The van der Waals surface area contributed by atoms with Crippen LogP contribution in [0.25, 0.3) is 5.52 Å². The highest BCUT2D eigenvalue weighted by molar-refractivity contribution is 7.90. The van der Waals surface area contributed by atoms with Crippen molar-refractivity contribution in [2.75, 3.05) is 18.6 Å². The van der Waals surface area contributed by atoms with Crippen LogP contribution in [0.15, 0.2) is 29.6 Å². The van der Waals surface area contributed by atoms with Gasteiger partial charge in [0.15, 0.2) is 5.69 Å². The van der Waals surface area contributed by atoms with Gasteiger partial charge in [-0.25, -0.2) is 26.1 Å². The second-order valence-corrected chi connectivity index (χ2v) is 8.94. The fourth-order valence-corrected chi connectivity index (χ4v) is 4.65. The first-order chi connectivity index (χ1) is 10.2. The molecule has 1 aliphatic rings. The van der Waals surface area contributed by atoms with Crippen molar-refractivity contribution < 1.29 is 21.6 Å². The molecule has 22 heavy (non-hydrogen) atoms. The van der Waals surface area contributed by atoms with Gasteiger partial charge in [-0.1, -0.05) is 6.07 Å². The molecule has 1 aliphatic heterocycles. The van der Waals surface area contributed by atoms with Gasteiger partial charge in [-0.05, 0) is 18.6 Å². The lowest BCUT2D eigenvalue weighted by Crippen LogP contribution is -2.33. The maximum absolute atomic E-state index is 12.5. The van der Waals surface area contributed by atoms with Crippen LogP contribution in [0.4, 0.5) is 0 Å². The van der Waals surface area contributed by atoms with Crippen molar-refractivity contribution in [3.05, 3.63) is 30.1 Å². The van der Waals surface area contributed by atoms with Crippen molar-refractivity contribution in [3.63, 3.8) is 0 Å². The van der Waals surface area contributed by atoms with Crippen LogP contribution < -0.4 is 0 Å². The summed E-state index contributed by atoms with van der Waals surface area (Å²) in [4.78, 5) is 16.4. The van der Waals surface area contributed by atoms with Gasteiger partial charge in [0.2, 0.25) is 25.0 Å². The topological polar surface area (TPSA) is 106 Å². The molecule has 8 nitrogen and oxygen atoms in total. The average molecular weight is 343 g/mol. The lowest BCUT2D eigenvalue weighted by Gasteiger charge is -2.13. The molecule has 0 atom stereocenters. The zero-order chi connectivity index (χ0) is 16.1. The van der Waals surface area contributed by atoms with Crippen LogP contribution in [-0.4, -0.2) is 55.0 Å². The fourth-order valence-electron chi connectivity index (χ4n) is 2.41. The summed E-state index contributed by atoms with van der Waals surface area (Å²) in [7, 11) is -7.31. The van der Waals surface area contributed by atoms with E-state index in [9.17, 15) is 21.6 Å². The zero-order valence-corrected chi connectivity index (χ0v) is 13.3. The summed E-state index contributed by atoms with van der Waals surface area (Å²) in [5, 5.41) is -0.289. The molecule has 1 saturated heterocycles. The largest absolute Gasteiger partial charge is 0.290 e. The molecule has 1 fully saturated rings. The van der Waals surface area contributed by atoms with Crippen LogP contribution in [0.5, 0.6) is 0 Å². The highest BCUT2D eigenvalue weighted by Crippen LogP contribution is 2.22. The van der Waals surface area contributed by atoms with Crippen LogP contribution >= 0.6 is 0 Å². The monoisotopic (exact) mass is 343 g/mol. The van der Waals surface area contributed by atoms with Crippen LogP contribution in [0.3, 0.4) is 0 Å². The first-order valence-electron chi connectivity index (χ1n) is 6.44. The van der Waals surface area contributed by atoms with E-state index in [1.807, 2.05) is 0 Å². The van der Waals surface area contributed by atoms with Gasteiger partial charge in [0.1, 0.15) is 0 Å². The Labute approximate surface area is 127 Å². The summed E-state index contributed by atoms with van der Waals surface area (Å²) in [6.45, 7) is 0.0846. The van der Waals surface area contributed by atoms with E-state index in [1.54, 1.807) is 12.1 Å². The third-order valence-electron chi connectivity index (χ3n) is 3.38. The van der Waals surface area contributed by atoms with Gasteiger partial charge in [-0.2, -0.15) is 0 Å². The number of sulfone groups is 1. The van der Waals surface area contributed by atoms with E-state index in [0.717, 1.165) is 10.6 Å². The van der Waals surface area contributed by atoms with E-state index in [1.165, 1.54) is 16.7 Å². The summed E-state index contributed by atoms with van der Waals surface area (Å²) in [5.74, 6) is -0.889. The van der Waals surface area contributed by atoms with Gasteiger partial charge in [-0.3, -0.25) is 9.20 Å². The van der Waals surface area contributed by atoms with Crippen LogP contribution in [-0.2, 0) is 19.9 Å². The minimum Gasteiger partial charge on any atom is -0.290 e. The van der Waals surface area contributed by atoms with Crippen molar-refractivity contribution in [1.29, 1.82) is 0 Å². The maximum atomic E-state index is 12.5. The van der Waals surface area contributed by atoms with Crippen molar-refractivity contribution in [1.82, 2.24) is 13.7 Å². The number of rotatable bonds is 2. The number of carbonyl (C=O) groups is 1. The number of nitrogens with zero attached hydrogens (tertiary/aromatic N) is 3. The molecule has 0 radical (unpaired) electrons. The molecule has 10 heteroatoms. The van der Waals surface area contributed by atoms with E-state index in [2.05, 4.69) is 4.98 Å². The molecule has 2 aromatic rings. The number of hydrogen-bond donors (Lipinski definition) is 0. The first kappa shape index (κ1) is 15.0. The van der Waals surface area contributed by atoms with Gasteiger partial charge in [-0.15, -0.1) is 0 Å². The molecular formula is C12H13N3O5S2. The zero-order valence-electron chi connectivity index (χ0n) is 11.6. The van der Waals surface area contributed by atoms with Crippen LogP contribution in [0.2, 0.25) is 0 Å². The molecule has 0 unspecified atom stereocenters. The lowest BCUT2D eigenvalue weighted by atomic mass is 10.3. The summed E-state index contributed by atoms with van der Waals surface area (Å²) >= 11 is 0. The van der Waals surface area contributed by atoms with E-state index >= 15 is 0 Å². The first-order valence-corrected chi connectivity index (χ1v) is 9.94. The standard InChI is InChI=1S/C12H13N3O5S2/c1-21(17,18)12-13-10(9-5-2-3-6-14(9)12)11(16)15-7-4-8-22(15,19)20/h2-3,5-6H,4,7-8H2,1H3. The Morgan fingerprint density at radius 3 is 2.64 bits per heavy atom. The second-order valence-electron chi connectivity index (χ2n) is 5.02. The molecule has 0 saturated carbocycles. The Balaban J connectivity index is 2.22. The third kappa shape index (κ3) is 2.28. The Kier molecular flexibility index (Phi) is 3.25. The average Bonchev–Trinajstić information content (AvgIpc) is 2.97. The van der Waals surface area contributed by atoms with Crippen molar-refractivity contribution in [2.45, 2.75) is 11.6 Å². The Hall–Kier alpha value is -1.94. The summed E-state index contributed by atoms with van der Waals surface area (Å²) in [5.41, 5.74) is 0.0847. The minimum atomic E-state index is -3.66. The normalized spacial score (nSPS) is 18.0. The Morgan fingerprint density at radius 1 is 1.32 bits per heavy atom. The summed E-state index contributed by atoms with van der Waals surface area (Å²) in [6, 6.07) is 4.75. The predicted octanol–water partition coefficient (Wildman–Crippen LogP) is -0.0865. The molecule has 2 aromatic heterocycles. The number of amides is 1. The smallest absolute Gasteiger partial charge is 0.288 e. The number of pyridine rings is 1. The van der Waals surface area contributed by atoms with Crippen molar-refractivity contribution >= 4 is 31.3 Å². The van der Waals surface area contributed by atoms with Gasteiger partial charge < -0.3 is 0 Å². The van der Waals surface area contributed by atoms with Crippen molar-refractivity contribution in [2.24, 2.45) is 0 Å². The third-order valence-corrected chi connectivity index (χ3v) is 6.15. The van der Waals surface area contributed by atoms with E-state index < -0.39 is 25.8 Å². The van der Waals surface area contributed by atoms with Gasteiger partial charge in [0.05, 0.1) is 11.3 Å². The maximum Gasteiger partial charge on any atom is 0.288 e. The van der Waals surface area contributed by atoms with E-state index in [-0.39, 0.29) is 28.7 Å². The number of fused-ring (bicyclic) bond motifs is 1. The molecule has 0 N–H and O–H groups in total. The second kappa shape index (κ2) is 4.78. The van der Waals surface area contributed by atoms with Crippen LogP contribution in [0, 0.1) is 0 Å². The van der Waals surface area contributed by atoms with Gasteiger partial charge in [0, 0.05) is 19.0 Å². The number of aromatic nitrogens is 2. The number of carbonyl (C=O) groups excluding carboxylic acids is 1. The van der Waals surface area contributed by atoms with Crippen molar-refractivity contribution in [3.8, 4) is 0 Å². The molecular weight excluding hydrogens is 330 g/mol. The van der Waals surface area contributed by atoms with Crippen LogP contribution in [0.1, 0.15) is 16.9 Å².